The third kappa shape index (κ3) is 3.76. The van der Waals surface area contributed by atoms with Gasteiger partial charge in [0.05, 0.1) is 19.2 Å². The van der Waals surface area contributed by atoms with Gasteiger partial charge < -0.3 is 13.9 Å². The Morgan fingerprint density at radius 3 is 2.68 bits per heavy atom. The maximum Gasteiger partial charge on any atom is 0.336 e. The lowest BCUT2D eigenvalue weighted by molar-refractivity contribution is -0.932. The summed E-state index contributed by atoms with van der Waals surface area (Å²) in [5, 5.41) is 1.03. The van der Waals surface area contributed by atoms with Gasteiger partial charge in [-0.25, -0.2) is 4.79 Å². The van der Waals surface area contributed by atoms with Crippen LogP contribution in [0.3, 0.4) is 0 Å². The summed E-state index contributed by atoms with van der Waals surface area (Å²) in [7, 11) is 1.68. The fourth-order valence-electron chi connectivity index (χ4n) is 3.86. The molecule has 1 atom stereocenters. The Bertz CT molecular complexity index is 1020. The molecule has 28 heavy (non-hydrogen) atoms. The van der Waals surface area contributed by atoms with E-state index in [1.807, 2.05) is 24.3 Å². The van der Waals surface area contributed by atoms with Crippen molar-refractivity contribution in [3.63, 3.8) is 0 Å². The fraction of sp³-hybridized carbons (Fsp3) is 0.348. The Kier molecular flexibility index (Phi) is 5.35. The van der Waals surface area contributed by atoms with E-state index >= 15 is 0 Å². The largest absolute Gasteiger partial charge is 0.497 e. The number of hydrogen-bond donors (Lipinski definition) is 1. The molecule has 0 fully saturated rings. The molecule has 1 aromatic heterocycles. The van der Waals surface area contributed by atoms with E-state index in [0.717, 1.165) is 60.4 Å². The first kappa shape index (κ1) is 18.6. The summed E-state index contributed by atoms with van der Waals surface area (Å²) in [6.07, 6.45) is 2.81. The highest BCUT2D eigenvalue weighted by Gasteiger charge is 2.24. The van der Waals surface area contributed by atoms with Gasteiger partial charge in [0.2, 0.25) is 6.73 Å². The standard InChI is InChI=1S/C23H25NO4/c1-3-4-17-13-22(25)28-23-19(17)9-10-21-20(23)14-24(15-27-21)12-11-16-5-7-18(26-2)8-6-16/h5-10,13H,3-4,11-12,14-15H2,1-2H3/p+1. The molecule has 0 amide bonds. The monoisotopic (exact) mass is 380 g/mol. The molecule has 0 spiro atoms. The van der Waals surface area contributed by atoms with Crippen molar-refractivity contribution in [2.45, 2.75) is 32.7 Å². The molecule has 4 rings (SSSR count). The maximum absolute atomic E-state index is 12.1. The van der Waals surface area contributed by atoms with Crippen molar-refractivity contribution in [3.8, 4) is 11.5 Å². The molecule has 1 N–H and O–H groups in total. The zero-order valence-electron chi connectivity index (χ0n) is 16.4. The number of rotatable bonds is 6. The van der Waals surface area contributed by atoms with Gasteiger partial charge in [0, 0.05) is 17.9 Å². The number of fused-ring (bicyclic) bond motifs is 3. The highest BCUT2D eigenvalue weighted by atomic mass is 16.5. The van der Waals surface area contributed by atoms with E-state index in [-0.39, 0.29) is 5.63 Å². The summed E-state index contributed by atoms with van der Waals surface area (Å²) in [4.78, 5) is 13.4. The van der Waals surface area contributed by atoms with Crippen molar-refractivity contribution in [2.75, 3.05) is 20.4 Å². The minimum atomic E-state index is -0.283. The predicted octanol–water partition coefficient (Wildman–Crippen LogP) is 2.73. The molecule has 0 bridgehead atoms. The van der Waals surface area contributed by atoms with Crippen LogP contribution < -0.4 is 20.0 Å². The van der Waals surface area contributed by atoms with Crippen molar-refractivity contribution in [2.24, 2.45) is 0 Å². The Balaban J connectivity index is 1.56. The Morgan fingerprint density at radius 1 is 1.11 bits per heavy atom. The van der Waals surface area contributed by atoms with Crippen LogP contribution >= 0.6 is 0 Å². The molecule has 146 valence electrons. The van der Waals surface area contributed by atoms with E-state index in [0.29, 0.717) is 12.3 Å². The van der Waals surface area contributed by atoms with Crippen LogP contribution in [0.5, 0.6) is 11.5 Å². The molecule has 1 aliphatic heterocycles. The van der Waals surface area contributed by atoms with Crippen molar-refractivity contribution >= 4 is 11.0 Å². The topological polar surface area (TPSA) is 53.1 Å². The van der Waals surface area contributed by atoms with Gasteiger partial charge in [-0.2, -0.15) is 0 Å². The van der Waals surface area contributed by atoms with Gasteiger partial charge in [-0.05, 0) is 41.8 Å². The van der Waals surface area contributed by atoms with Crippen LogP contribution in [0.25, 0.3) is 11.0 Å². The molecular weight excluding hydrogens is 354 g/mol. The van der Waals surface area contributed by atoms with Crippen LogP contribution in [-0.4, -0.2) is 20.4 Å². The smallest absolute Gasteiger partial charge is 0.336 e. The van der Waals surface area contributed by atoms with Crippen molar-refractivity contribution in [1.29, 1.82) is 0 Å². The van der Waals surface area contributed by atoms with E-state index in [1.54, 1.807) is 13.2 Å². The third-order valence-electron chi connectivity index (χ3n) is 5.36. The minimum Gasteiger partial charge on any atom is -0.497 e. The molecule has 0 saturated carbocycles. The summed E-state index contributed by atoms with van der Waals surface area (Å²) < 4.78 is 16.8. The molecule has 2 heterocycles. The molecular formula is C23H26NO4+. The van der Waals surface area contributed by atoms with Crippen LogP contribution in [0.4, 0.5) is 0 Å². The Morgan fingerprint density at radius 2 is 1.93 bits per heavy atom. The van der Waals surface area contributed by atoms with E-state index in [2.05, 4.69) is 19.1 Å². The average molecular weight is 380 g/mol. The highest BCUT2D eigenvalue weighted by Crippen LogP contribution is 2.30. The van der Waals surface area contributed by atoms with Crippen LogP contribution in [0.15, 0.2) is 51.7 Å². The van der Waals surface area contributed by atoms with Crippen molar-refractivity contribution in [1.82, 2.24) is 0 Å². The first-order valence-corrected chi connectivity index (χ1v) is 9.86. The minimum absolute atomic E-state index is 0.283. The van der Waals surface area contributed by atoms with Gasteiger partial charge >= 0.3 is 5.63 Å². The SMILES string of the molecule is CCCc1cc(=O)oc2c3c(ccc12)OC[NH+](CCc1ccc(OC)cc1)C3. The van der Waals surface area contributed by atoms with E-state index in [4.69, 9.17) is 13.9 Å². The highest BCUT2D eigenvalue weighted by molar-refractivity contribution is 5.85. The summed E-state index contributed by atoms with van der Waals surface area (Å²) >= 11 is 0. The third-order valence-corrected chi connectivity index (χ3v) is 5.36. The lowest BCUT2D eigenvalue weighted by Gasteiger charge is -2.26. The predicted molar refractivity (Wildman–Crippen MR) is 108 cm³/mol. The first-order valence-electron chi connectivity index (χ1n) is 9.86. The van der Waals surface area contributed by atoms with Crippen molar-refractivity contribution < 1.29 is 18.8 Å². The van der Waals surface area contributed by atoms with Gasteiger partial charge in [-0.1, -0.05) is 25.5 Å². The normalized spacial score (nSPS) is 15.9. The second-order valence-electron chi connectivity index (χ2n) is 7.32. The first-order chi connectivity index (χ1) is 13.7. The fourth-order valence-corrected chi connectivity index (χ4v) is 3.86. The van der Waals surface area contributed by atoms with Crippen LogP contribution in [0.1, 0.15) is 30.0 Å². The molecule has 1 aliphatic rings. The van der Waals surface area contributed by atoms with Gasteiger partial charge in [0.25, 0.3) is 0 Å². The molecule has 3 aromatic rings. The Labute approximate surface area is 164 Å². The number of nitrogens with one attached hydrogen (secondary N) is 1. The lowest BCUT2D eigenvalue weighted by Crippen LogP contribution is -3.12. The molecule has 1 unspecified atom stereocenters. The van der Waals surface area contributed by atoms with E-state index in [1.165, 1.54) is 10.5 Å². The van der Waals surface area contributed by atoms with Crippen LogP contribution in [0.2, 0.25) is 0 Å². The maximum atomic E-state index is 12.1. The molecule has 0 saturated heterocycles. The average Bonchev–Trinajstić information content (AvgIpc) is 2.72. The summed E-state index contributed by atoms with van der Waals surface area (Å²) in [5.41, 5.74) is 3.74. The van der Waals surface area contributed by atoms with E-state index < -0.39 is 0 Å². The summed E-state index contributed by atoms with van der Waals surface area (Å²) in [5.74, 6) is 1.70. The van der Waals surface area contributed by atoms with Crippen molar-refractivity contribution in [3.05, 3.63) is 69.6 Å². The summed E-state index contributed by atoms with van der Waals surface area (Å²) in [6.45, 7) is 4.48. The molecule has 5 nitrogen and oxygen atoms in total. The number of hydrogen-bond acceptors (Lipinski definition) is 4. The van der Waals surface area contributed by atoms with Gasteiger partial charge in [-0.3, -0.25) is 4.90 Å². The number of ether oxygens (including phenoxy) is 2. The second-order valence-corrected chi connectivity index (χ2v) is 7.32. The van der Waals surface area contributed by atoms with Crippen LogP contribution in [-0.2, 0) is 19.4 Å². The number of methoxy groups -OCH3 is 1. The zero-order valence-corrected chi connectivity index (χ0v) is 16.4. The van der Waals surface area contributed by atoms with Gasteiger partial charge in [-0.15, -0.1) is 0 Å². The van der Waals surface area contributed by atoms with Gasteiger partial charge in [0.1, 0.15) is 18.0 Å². The number of benzene rings is 2. The number of quaternary nitrogens is 1. The number of aryl methyl sites for hydroxylation is 1. The molecule has 0 radical (unpaired) electrons. The molecule has 0 aliphatic carbocycles. The lowest BCUT2D eigenvalue weighted by atomic mass is 10.0. The second kappa shape index (κ2) is 8.07. The Hall–Kier alpha value is -2.79. The molecule has 2 aromatic carbocycles. The molecule has 5 heteroatoms. The quantitative estimate of drug-likeness (QED) is 0.668. The zero-order chi connectivity index (χ0) is 19.5. The van der Waals surface area contributed by atoms with E-state index in [9.17, 15) is 4.79 Å². The summed E-state index contributed by atoms with van der Waals surface area (Å²) in [6, 6.07) is 13.8. The van der Waals surface area contributed by atoms with Gasteiger partial charge in [0.15, 0.2) is 5.58 Å². The van der Waals surface area contributed by atoms with Crippen LogP contribution in [0, 0.1) is 0 Å².